The molecule has 2 aromatic rings. The van der Waals surface area contributed by atoms with Crippen LogP contribution in [0.15, 0.2) is 36.4 Å². The molecule has 0 aliphatic carbocycles. The number of hydrogen-bond donors (Lipinski definition) is 1. The van der Waals surface area contributed by atoms with Gasteiger partial charge in [0.1, 0.15) is 5.75 Å². The maximum atomic E-state index is 11.2. The Hall–Kier alpha value is -2.36. The van der Waals surface area contributed by atoms with Gasteiger partial charge in [-0.2, -0.15) is 0 Å². The molecule has 0 aliphatic heterocycles. The molecule has 4 heteroatoms. The molecule has 1 amide bonds. The van der Waals surface area contributed by atoms with Crippen LogP contribution in [0.2, 0.25) is 0 Å². The molecule has 2 rings (SSSR count). The Kier molecular flexibility index (Phi) is 4.13. The fraction of sp³-hybridized carbons (Fsp3) is 0.200. The van der Waals surface area contributed by atoms with Gasteiger partial charge in [0.2, 0.25) is 5.91 Å². The third kappa shape index (κ3) is 2.91. The lowest BCUT2D eigenvalue weighted by Crippen LogP contribution is -2.20. The van der Waals surface area contributed by atoms with Crippen LogP contribution in [-0.2, 0) is 4.79 Å². The Morgan fingerprint density at radius 3 is 2.79 bits per heavy atom. The van der Waals surface area contributed by atoms with E-state index in [0.29, 0.717) is 11.3 Å². The number of amides is 1. The second-order valence-corrected chi connectivity index (χ2v) is 4.09. The van der Waals surface area contributed by atoms with Crippen LogP contribution in [0.5, 0.6) is 5.75 Å². The predicted molar refractivity (Wildman–Crippen MR) is 73.5 cm³/mol. The minimum atomic E-state index is -0.0894. The van der Waals surface area contributed by atoms with Gasteiger partial charge in [0.25, 0.3) is 0 Å². The molecule has 0 aliphatic rings. The van der Waals surface area contributed by atoms with Gasteiger partial charge >= 0.3 is 0 Å². The molecular formula is C15H15NO3. The van der Waals surface area contributed by atoms with Crippen molar-refractivity contribution >= 4 is 23.0 Å². The maximum absolute atomic E-state index is 11.2. The Balaban J connectivity index is 2.23. The summed E-state index contributed by atoms with van der Waals surface area (Å²) >= 11 is 0. The van der Waals surface area contributed by atoms with Crippen molar-refractivity contribution < 1.29 is 14.3 Å². The lowest BCUT2D eigenvalue weighted by molar-refractivity contribution is -0.121. The fourth-order valence-electron chi connectivity index (χ4n) is 1.90. The van der Waals surface area contributed by atoms with Crippen LogP contribution in [0.25, 0.3) is 10.8 Å². The van der Waals surface area contributed by atoms with Gasteiger partial charge in [-0.1, -0.05) is 30.3 Å². The molecule has 0 radical (unpaired) electrons. The predicted octanol–water partition coefficient (Wildman–Crippen LogP) is 2.17. The average Bonchev–Trinajstić information content (AvgIpc) is 2.46. The van der Waals surface area contributed by atoms with E-state index in [0.717, 1.165) is 17.1 Å². The van der Waals surface area contributed by atoms with E-state index in [1.165, 1.54) is 0 Å². The van der Waals surface area contributed by atoms with E-state index in [9.17, 15) is 9.59 Å². The Morgan fingerprint density at radius 1 is 1.26 bits per heavy atom. The molecule has 0 aromatic heterocycles. The maximum Gasteiger partial charge on any atom is 0.223 e. The number of carbonyl (C=O) groups is 2. The standard InChI is InChI=1S/C15H15NO3/c1-16-15(18)8-9-19-14-7-6-11-4-2-3-5-12(11)13(14)10-17/h2-7,10H,8-9H2,1H3,(H,16,18). The van der Waals surface area contributed by atoms with Crippen LogP contribution in [0.3, 0.4) is 0 Å². The summed E-state index contributed by atoms with van der Waals surface area (Å²) in [6, 6.07) is 11.3. The van der Waals surface area contributed by atoms with Crippen molar-refractivity contribution in [2.45, 2.75) is 6.42 Å². The summed E-state index contributed by atoms with van der Waals surface area (Å²) in [6.07, 6.45) is 1.05. The van der Waals surface area contributed by atoms with E-state index < -0.39 is 0 Å². The van der Waals surface area contributed by atoms with E-state index in [1.807, 2.05) is 30.3 Å². The largest absolute Gasteiger partial charge is 0.492 e. The third-order valence-corrected chi connectivity index (χ3v) is 2.91. The van der Waals surface area contributed by atoms with Gasteiger partial charge in [0.05, 0.1) is 18.6 Å². The first kappa shape index (κ1) is 13.1. The van der Waals surface area contributed by atoms with E-state index in [1.54, 1.807) is 13.1 Å². The lowest BCUT2D eigenvalue weighted by atomic mass is 10.0. The Bertz CT molecular complexity index is 607. The highest BCUT2D eigenvalue weighted by Gasteiger charge is 2.08. The fourth-order valence-corrected chi connectivity index (χ4v) is 1.90. The number of nitrogens with one attached hydrogen (secondary N) is 1. The van der Waals surface area contributed by atoms with Gasteiger partial charge in [-0.3, -0.25) is 9.59 Å². The minimum Gasteiger partial charge on any atom is -0.492 e. The van der Waals surface area contributed by atoms with Gasteiger partial charge in [-0.25, -0.2) is 0 Å². The van der Waals surface area contributed by atoms with Crippen LogP contribution >= 0.6 is 0 Å². The van der Waals surface area contributed by atoms with Crippen LogP contribution in [0.1, 0.15) is 16.8 Å². The number of benzene rings is 2. The van der Waals surface area contributed by atoms with Gasteiger partial charge in [0.15, 0.2) is 6.29 Å². The number of rotatable bonds is 5. The van der Waals surface area contributed by atoms with Crippen molar-refractivity contribution in [2.24, 2.45) is 0 Å². The zero-order chi connectivity index (χ0) is 13.7. The Labute approximate surface area is 111 Å². The summed E-state index contributed by atoms with van der Waals surface area (Å²) in [5.41, 5.74) is 0.523. The molecule has 1 N–H and O–H groups in total. The van der Waals surface area contributed by atoms with Crippen LogP contribution in [0, 0.1) is 0 Å². The first-order valence-electron chi connectivity index (χ1n) is 6.06. The number of fused-ring (bicyclic) bond motifs is 1. The van der Waals surface area contributed by atoms with Gasteiger partial charge < -0.3 is 10.1 Å². The molecule has 0 heterocycles. The van der Waals surface area contributed by atoms with Crippen molar-refractivity contribution in [1.29, 1.82) is 0 Å². The van der Waals surface area contributed by atoms with Crippen molar-refractivity contribution in [2.75, 3.05) is 13.7 Å². The summed E-state index contributed by atoms with van der Waals surface area (Å²) in [6.45, 7) is 0.249. The summed E-state index contributed by atoms with van der Waals surface area (Å²) in [5.74, 6) is 0.422. The van der Waals surface area contributed by atoms with E-state index in [-0.39, 0.29) is 18.9 Å². The highest BCUT2D eigenvalue weighted by atomic mass is 16.5. The summed E-state index contributed by atoms with van der Waals surface area (Å²) in [4.78, 5) is 22.3. The molecular weight excluding hydrogens is 242 g/mol. The first-order chi connectivity index (χ1) is 9.26. The molecule has 0 spiro atoms. The highest BCUT2D eigenvalue weighted by molar-refractivity contribution is 6.00. The normalized spacial score (nSPS) is 10.2. The van der Waals surface area contributed by atoms with Crippen molar-refractivity contribution in [3.8, 4) is 5.75 Å². The van der Waals surface area contributed by atoms with Crippen molar-refractivity contribution in [3.63, 3.8) is 0 Å². The van der Waals surface area contributed by atoms with E-state index in [4.69, 9.17) is 4.74 Å². The first-order valence-corrected chi connectivity index (χ1v) is 6.06. The molecule has 0 bridgehead atoms. The van der Waals surface area contributed by atoms with Crippen LogP contribution in [0.4, 0.5) is 0 Å². The summed E-state index contributed by atoms with van der Waals surface area (Å²) in [7, 11) is 1.58. The highest BCUT2D eigenvalue weighted by Crippen LogP contribution is 2.26. The number of ether oxygens (including phenoxy) is 1. The van der Waals surface area contributed by atoms with Crippen molar-refractivity contribution in [3.05, 3.63) is 42.0 Å². The molecule has 0 atom stereocenters. The zero-order valence-corrected chi connectivity index (χ0v) is 10.7. The molecule has 4 nitrogen and oxygen atoms in total. The van der Waals surface area contributed by atoms with Gasteiger partial charge in [0, 0.05) is 7.05 Å². The number of aldehydes is 1. The van der Waals surface area contributed by atoms with Gasteiger partial charge in [-0.15, -0.1) is 0 Å². The summed E-state index contributed by atoms with van der Waals surface area (Å²) in [5, 5.41) is 4.37. The molecule has 98 valence electrons. The molecule has 0 unspecified atom stereocenters. The molecule has 0 saturated heterocycles. The molecule has 2 aromatic carbocycles. The SMILES string of the molecule is CNC(=O)CCOc1ccc2ccccc2c1C=O. The third-order valence-electron chi connectivity index (χ3n) is 2.91. The second kappa shape index (κ2) is 6.00. The lowest BCUT2D eigenvalue weighted by Gasteiger charge is -2.10. The van der Waals surface area contributed by atoms with E-state index >= 15 is 0 Å². The number of hydrogen-bond acceptors (Lipinski definition) is 3. The smallest absolute Gasteiger partial charge is 0.223 e. The second-order valence-electron chi connectivity index (χ2n) is 4.09. The molecule has 19 heavy (non-hydrogen) atoms. The number of carbonyl (C=O) groups excluding carboxylic acids is 2. The Morgan fingerprint density at radius 2 is 2.05 bits per heavy atom. The zero-order valence-electron chi connectivity index (χ0n) is 10.7. The molecule has 0 saturated carbocycles. The summed E-state index contributed by atoms with van der Waals surface area (Å²) < 4.78 is 5.52. The quantitative estimate of drug-likeness (QED) is 0.835. The van der Waals surface area contributed by atoms with Gasteiger partial charge in [-0.05, 0) is 16.8 Å². The van der Waals surface area contributed by atoms with E-state index in [2.05, 4.69) is 5.32 Å². The average molecular weight is 257 g/mol. The van der Waals surface area contributed by atoms with Crippen molar-refractivity contribution in [1.82, 2.24) is 5.32 Å². The monoisotopic (exact) mass is 257 g/mol. The van der Waals surface area contributed by atoms with Crippen LogP contribution < -0.4 is 10.1 Å². The minimum absolute atomic E-state index is 0.0894. The molecule has 0 fully saturated rings. The topological polar surface area (TPSA) is 55.4 Å². The van der Waals surface area contributed by atoms with Crippen LogP contribution in [-0.4, -0.2) is 25.8 Å².